The van der Waals surface area contributed by atoms with Crippen LogP contribution in [0, 0.1) is 0 Å². The van der Waals surface area contributed by atoms with Gasteiger partial charge in [-0.3, -0.25) is 0 Å². The van der Waals surface area contributed by atoms with E-state index in [0.29, 0.717) is 11.5 Å². The summed E-state index contributed by atoms with van der Waals surface area (Å²) in [4.78, 5) is 11.1. The summed E-state index contributed by atoms with van der Waals surface area (Å²) in [7, 11) is 3.10. The highest BCUT2D eigenvalue weighted by molar-refractivity contribution is 5.91. The van der Waals surface area contributed by atoms with Gasteiger partial charge in [0.2, 0.25) is 0 Å². The van der Waals surface area contributed by atoms with Gasteiger partial charge >= 0.3 is 5.97 Å². The predicted octanol–water partition coefficient (Wildman–Crippen LogP) is 3.36. The number of aromatic carboxylic acids is 1. The van der Waals surface area contributed by atoms with Gasteiger partial charge in [0.1, 0.15) is 11.5 Å². The van der Waals surface area contributed by atoms with E-state index < -0.39 is 5.97 Å². The van der Waals surface area contributed by atoms with E-state index in [1.165, 1.54) is 12.0 Å². The van der Waals surface area contributed by atoms with Crippen molar-refractivity contribution in [3.05, 3.63) is 29.3 Å². The molecular weight excluding hydrogens is 244 g/mol. The van der Waals surface area contributed by atoms with Crippen molar-refractivity contribution in [2.24, 2.45) is 0 Å². The summed E-state index contributed by atoms with van der Waals surface area (Å²) in [5.74, 6) is 0.135. The molecule has 1 aliphatic carbocycles. The Morgan fingerprint density at radius 3 is 2.21 bits per heavy atom. The molecule has 4 heteroatoms. The largest absolute Gasteiger partial charge is 0.496 e. The molecule has 1 N–H and O–H groups in total. The molecule has 0 heterocycles. The van der Waals surface area contributed by atoms with Crippen LogP contribution in [0.2, 0.25) is 0 Å². The van der Waals surface area contributed by atoms with E-state index in [2.05, 4.69) is 6.08 Å². The summed E-state index contributed by atoms with van der Waals surface area (Å²) in [5, 5.41) is 9.10. The number of carboxylic acids is 1. The maximum atomic E-state index is 11.1. The number of ether oxygens (including phenoxy) is 2. The maximum absolute atomic E-state index is 11.1. The molecule has 0 radical (unpaired) electrons. The first kappa shape index (κ1) is 13.5. The number of hydrogen-bond acceptors (Lipinski definition) is 3. The molecule has 0 unspecified atom stereocenters. The van der Waals surface area contributed by atoms with E-state index >= 15 is 0 Å². The Hall–Kier alpha value is -1.97. The van der Waals surface area contributed by atoms with Crippen LogP contribution < -0.4 is 9.47 Å². The van der Waals surface area contributed by atoms with Crippen molar-refractivity contribution in [3.63, 3.8) is 0 Å². The van der Waals surface area contributed by atoms with Gasteiger partial charge in [0.05, 0.1) is 25.3 Å². The second-order valence-corrected chi connectivity index (χ2v) is 4.54. The minimum absolute atomic E-state index is 0.175. The maximum Gasteiger partial charge on any atom is 0.335 e. The van der Waals surface area contributed by atoms with E-state index in [9.17, 15) is 4.79 Å². The van der Waals surface area contributed by atoms with Crippen molar-refractivity contribution < 1.29 is 19.4 Å². The molecule has 1 aromatic carbocycles. The second-order valence-electron chi connectivity index (χ2n) is 4.54. The zero-order chi connectivity index (χ0) is 13.8. The van der Waals surface area contributed by atoms with Gasteiger partial charge in [0, 0.05) is 0 Å². The van der Waals surface area contributed by atoms with E-state index in [4.69, 9.17) is 14.6 Å². The Morgan fingerprint density at radius 2 is 1.79 bits per heavy atom. The average Bonchev–Trinajstić information content (AvgIpc) is 2.46. The number of rotatable bonds is 4. The molecule has 19 heavy (non-hydrogen) atoms. The lowest BCUT2D eigenvalue weighted by Crippen LogP contribution is -2.03. The third-order valence-electron chi connectivity index (χ3n) is 3.36. The van der Waals surface area contributed by atoms with Gasteiger partial charge in [0.25, 0.3) is 0 Å². The van der Waals surface area contributed by atoms with Crippen LogP contribution in [-0.2, 0) is 0 Å². The van der Waals surface area contributed by atoms with E-state index in [1.807, 2.05) is 0 Å². The molecule has 0 aromatic heterocycles. The number of hydrogen-bond donors (Lipinski definition) is 1. The standard InChI is InChI=1S/C15H18O4/c1-18-12-8-11(15(16)17)9-13(19-2)14(12)10-6-4-3-5-7-10/h6,8-9H,3-5,7H2,1-2H3,(H,16,17). The molecule has 0 amide bonds. The third-order valence-corrected chi connectivity index (χ3v) is 3.36. The Balaban J connectivity index is 2.57. The van der Waals surface area contributed by atoms with Crippen LogP contribution in [0.25, 0.3) is 5.57 Å². The highest BCUT2D eigenvalue weighted by Crippen LogP contribution is 2.40. The first-order valence-electron chi connectivity index (χ1n) is 6.36. The number of allylic oxidation sites excluding steroid dienone is 2. The van der Waals surface area contributed by atoms with E-state index in [-0.39, 0.29) is 5.56 Å². The molecule has 0 fully saturated rings. The van der Waals surface area contributed by atoms with Crippen LogP contribution in [0.3, 0.4) is 0 Å². The van der Waals surface area contributed by atoms with Gasteiger partial charge in [-0.25, -0.2) is 4.79 Å². The lowest BCUT2D eigenvalue weighted by molar-refractivity contribution is 0.0696. The predicted molar refractivity (Wildman–Crippen MR) is 73.0 cm³/mol. The van der Waals surface area contributed by atoms with Crippen molar-refractivity contribution in [1.82, 2.24) is 0 Å². The van der Waals surface area contributed by atoms with Gasteiger partial charge in [0.15, 0.2) is 0 Å². The van der Waals surface area contributed by atoms with E-state index in [1.54, 1.807) is 26.4 Å². The molecule has 2 rings (SSSR count). The van der Waals surface area contributed by atoms with Crippen LogP contribution in [-0.4, -0.2) is 25.3 Å². The summed E-state index contributed by atoms with van der Waals surface area (Å²) >= 11 is 0. The molecule has 0 spiro atoms. The SMILES string of the molecule is COc1cc(C(=O)O)cc(OC)c1C1=CCCCC1. The molecule has 0 atom stereocenters. The Morgan fingerprint density at radius 1 is 1.16 bits per heavy atom. The first-order chi connectivity index (χ1) is 9.17. The van der Waals surface area contributed by atoms with Crippen molar-refractivity contribution in [2.45, 2.75) is 25.7 Å². The Bertz CT molecular complexity index is 492. The minimum atomic E-state index is -0.985. The fourth-order valence-corrected chi connectivity index (χ4v) is 2.42. The molecule has 102 valence electrons. The van der Waals surface area contributed by atoms with Crippen LogP contribution in [0.5, 0.6) is 11.5 Å². The van der Waals surface area contributed by atoms with Crippen LogP contribution in [0.1, 0.15) is 41.6 Å². The minimum Gasteiger partial charge on any atom is -0.496 e. The van der Waals surface area contributed by atoms with Crippen molar-refractivity contribution in [1.29, 1.82) is 0 Å². The van der Waals surface area contributed by atoms with Gasteiger partial charge < -0.3 is 14.6 Å². The number of carbonyl (C=O) groups is 1. The molecule has 0 saturated carbocycles. The topological polar surface area (TPSA) is 55.8 Å². The Kier molecular flexibility index (Phi) is 4.10. The van der Waals surface area contributed by atoms with Crippen molar-refractivity contribution >= 4 is 11.5 Å². The summed E-state index contributed by atoms with van der Waals surface area (Å²) in [6.45, 7) is 0. The van der Waals surface area contributed by atoms with Crippen LogP contribution in [0.4, 0.5) is 0 Å². The molecule has 4 nitrogen and oxygen atoms in total. The fourth-order valence-electron chi connectivity index (χ4n) is 2.42. The quantitative estimate of drug-likeness (QED) is 0.904. The highest BCUT2D eigenvalue weighted by Gasteiger charge is 2.19. The average molecular weight is 262 g/mol. The number of carboxylic acid groups (broad SMARTS) is 1. The Labute approximate surface area is 112 Å². The summed E-state index contributed by atoms with van der Waals surface area (Å²) in [6, 6.07) is 3.10. The number of benzene rings is 1. The summed E-state index contributed by atoms with van der Waals surface area (Å²) in [6.07, 6.45) is 6.53. The molecule has 1 aliphatic rings. The monoisotopic (exact) mass is 262 g/mol. The molecule has 0 bridgehead atoms. The summed E-state index contributed by atoms with van der Waals surface area (Å²) < 4.78 is 10.7. The lowest BCUT2D eigenvalue weighted by atomic mass is 9.91. The smallest absolute Gasteiger partial charge is 0.335 e. The third kappa shape index (κ3) is 2.72. The van der Waals surface area contributed by atoms with Gasteiger partial charge in [-0.15, -0.1) is 0 Å². The van der Waals surface area contributed by atoms with E-state index in [0.717, 1.165) is 24.8 Å². The normalized spacial score (nSPS) is 14.7. The second kappa shape index (κ2) is 5.78. The van der Waals surface area contributed by atoms with Crippen LogP contribution >= 0.6 is 0 Å². The molecule has 1 aromatic rings. The van der Waals surface area contributed by atoms with Gasteiger partial charge in [-0.05, 0) is 43.4 Å². The first-order valence-corrected chi connectivity index (χ1v) is 6.36. The zero-order valence-corrected chi connectivity index (χ0v) is 11.2. The molecular formula is C15H18O4. The lowest BCUT2D eigenvalue weighted by Gasteiger charge is -2.19. The highest BCUT2D eigenvalue weighted by atomic mass is 16.5. The fraction of sp³-hybridized carbons (Fsp3) is 0.400. The molecule has 0 aliphatic heterocycles. The van der Waals surface area contributed by atoms with Crippen molar-refractivity contribution in [3.8, 4) is 11.5 Å². The molecule has 0 saturated heterocycles. The van der Waals surface area contributed by atoms with Gasteiger partial charge in [-0.1, -0.05) is 6.08 Å². The van der Waals surface area contributed by atoms with Crippen molar-refractivity contribution in [2.75, 3.05) is 14.2 Å². The summed E-state index contributed by atoms with van der Waals surface area (Å²) in [5.41, 5.74) is 2.24. The zero-order valence-electron chi connectivity index (χ0n) is 11.2. The number of methoxy groups -OCH3 is 2. The van der Waals surface area contributed by atoms with Crippen LogP contribution in [0.15, 0.2) is 18.2 Å². The van der Waals surface area contributed by atoms with Gasteiger partial charge in [-0.2, -0.15) is 0 Å².